The first-order chi connectivity index (χ1) is 9.30. The third-order valence-electron chi connectivity index (χ3n) is 2.87. The molecule has 1 N–H and O–H groups in total. The zero-order chi connectivity index (χ0) is 14.9. The van der Waals surface area contributed by atoms with Crippen molar-refractivity contribution in [3.63, 3.8) is 0 Å². The van der Waals surface area contributed by atoms with Crippen molar-refractivity contribution in [3.05, 3.63) is 38.9 Å². The van der Waals surface area contributed by atoms with Crippen LogP contribution < -0.4 is 5.32 Å². The molecule has 1 amide bonds. The minimum absolute atomic E-state index is 0.0694. The molecule has 4 nitrogen and oxygen atoms in total. The highest BCUT2D eigenvalue weighted by Gasteiger charge is 2.28. The second-order valence-corrected chi connectivity index (χ2v) is 6.99. The molecule has 2 rings (SSSR count). The van der Waals surface area contributed by atoms with E-state index in [1.807, 2.05) is 45.2 Å². The van der Waals surface area contributed by atoms with Crippen molar-refractivity contribution in [1.29, 1.82) is 0 Å². The van der Waals surface area contributed by atoms with Gasteiger partial charge in [-0.1, -0.05) is 43.6 Å². The smallest absolute Gasteiger partial charge is 0.292 e. The molecule has 0 fully saturated rings. The van der Waals surface area contributed by atoms with E-state index in [1.165, 1.54) is 0 Å². The third kappa shape index (κ3) is 3.04. The topological polar surface area (TPSA) is 55.1 Å². The van der Waals surface area contributed by atoms with Gasteiger partial charge in [0.15, 0.2) is 0 Å². The molecule has 0 radical (unpaired) electrons. The quantitative estimate of drug-likeness (QED) is 0.925. The number of halogens is 1. The van der Waals surface area contributed by atoms with Crippen LogP contribution in [0.2, 0.25) is 5.02 Å². The fourth-order valence-electron chi connectivity index (χ4n) is 1.76. The van der Waals surface area contributed by atoms with Crippen LogP contribution in [0.1, 0.15) is 54.9 Å². The molecule has 0 aliphatic rings. The predicted molar refractivity (Wildman–Crippen MR) is 80.4 cm³/mol. The summed E-state index contributed by atoms with van der Waals surface area (Å²) in [4.78, 5) is 13.3. The lowest BCUT2D eigenvalue weighted by atomic mass is 9.92. The Morgan fingerprint density at radius 1 is 1.50 bits per heavy atom. The van der Waals surface area contributed by atoms with Crippen LogP contribution >= 0.6 is 22.9 Å². The lowest BCUT2D eigenvalue weighted by Gasteiger charge is -2.14. The van der Waals surface area contributed by atoms with Crippen LogP contribution in [0.4, 0.5) is 0 Å². The summed E-state index contributed by atoms with van der Waals surface area (Å²) in [6.07, 6.45) is 0. The SMILES string of the molecule is C[C@@H](NC(=O)c1onc(C(C)(C)C)c1Cl)c1cccs1. The number of hydrogen-bond donors (Lipinski definition) is 1. The molecule has 2 aromatic heterocycles. The molecule has 6 heteroatoms. The minimum Gasteiger partial charge on any atom is -0.349 e. The molecule has 0 spiro atoms. The summed E-state index contributed by atoms with van der Waals surface area (Å²) in [6, 6.07) is 3.82. The van der Waals surface area contributed by atoms with Gasteiger partial charge in [-0.3, -0.25) is 4.79 Å². The summed E-state index contributed by atoms with van der Waals surface area (Å²) in [5.41, 5.74) is 0.325. The van der Waals surface area contributed by atoms with Crippen LogP contribution in [-0.4, -0.2) is 11.1 Å². The number of amides is 1. The van der Waals surface area contributed by atoms with E-state index >= 15 is 0 Å². The molecule has 0 unspecified atom stereocenters. The first-order valence-corrected chi connectivity index (χ1v) is 7.56. The number of thiophene rings is 1. The van der Waals surface area contributed by atoms with Gasteiger partial charge in [0.1, 0.15) is 10.7 Å². The van der Waals surface area contributed by atoms with Crippen molar-refractivity contribution in [2.45, 2.75) is 39.2 Å². The van der Waals surface area contributed by atoms with Gasteiger partial charge in [-0.2, -0.15) is 0 Å². The van der Waals surface area contributed by atoms with Gasteiger partial charge in [0, 0.05) is 10.3 Å². The van der Waals surface area contributed by atoms with Gasteiger partial charge in [-0.05, 0) is 18.4 Å². The summed E-state index contributed by atoms with van der Waals surface area (Å²) < 4.78 is 5.11. The van der Waals surface area contributed by atoms with Gasteiger partial charge in [-0.15, -0.1) is 11.3 Å². The number of aromatic nitrogens is 1. The molecule has 0 aliphatic heterocycles. The largest absolute Gasteiger partial charge is 0.349 e. The molecule has 0 saturated carbocycles. The van der Waals surface area contributed by atoms with Crippen molar-refractivity contribution in [1.82, 2.24) is 10.5 Å². The van der Waals surface area contributed by atoms with Gasteiger partial charge in [0.25, 0.3) is 5.91 Å². The highest BCUT2D eigenvalue weighted by molar-refractivity contribution is 7.10. The van der Waals surface area contributed by atoms with Gasteiger partial charge >= 0.3 is 0 Å². The maximum absolute atomic E-state index is 12.2. The van der Waals surface area contributed by atoms with E-state index in [0.717, 1.165) is 4.88 Å². The first kappa shape index (κ1) is 15.1. The Kier molecular flexibility index (Phi) is 4.20. The first-order valence-electron chi connectivity index (χ1n) is 6.30. The fraction of sp³-hybridized carbons (Fsp3) is 0.429. The van der Waals surface area contributed by atoms with Crippen molar-refractivity contribution >= 4 is 28.8 Å². The second-order valence-electron chi connectivity index (χ2n) is 5.63. The summed E-state index contributed by atoms with van der Waals surface area (Å²) in [5, 5.41) is 9.03. The molecular weight excluding hydrogens is 296 g/mol. The monoisotopic (exact) mass is 312 g/mol. The van der Waals surface area contributed by atoms with Crippen LogP contribution in [0.3, 0.4) is 0 Å². The summed E-state index contributed by atoms with van der Waals surface area (Å²) in [6.45, 7) is 7.81. The lowest BCUT2D eigenvalue weighted by molar-refractivity contribution is 0.0903. The Labute approximate surface area is 127 Å². The molecule has 0 bridgehead atoms. The van der Waals surface area contributed by atoms with E-state index in [1.54, 1.807) is 11.3 Å². The average Bonchev–Trinajstić information content (AvgIpc) is 2.95. The Hall–Kier alpha value is -1.33. The number of nitrogens with one attached hydrogen (secondary N) is 1. The van der Waals surface area contributed by atoms with Crippen LogP contribution in [0.25, 0.3) is 0 Å². The van der Waals surface area contributed by atoms with E-state index in [4.69, 9.17) is 16.1 Å². The molecule has 1 atom stereocenters. The predicted octanol–water partition coefficient (Wildman–Crippen LogP) is 4.18. The van der Waals surface area contributed by atoms with Gasteiger partial charge < -0.3 is 9.84 Å². The Bertz CT molecular complexity index is 599. The molecule has 108 valence electrons. The molecule has 0 aromatic carbocycles. The van der Waals surface area contributed by atoms with Crippen molar-refractivity contribution in [2.24, 2.45) is 0 Å². The van der Waals surface area contributed by atoms with Crippen LogP contribution in [0, 0.1) is 0 Å². The number of rotatable bonds is 3. The standard InChI is InChI=1S/C14H17ClN2O2S/c1-8(9-6-5-7-20-9)16-13(18)11-10(15)12(17-19-11)14(2,3)4/h5-8H,1-4H3,(H,16,18)/t8-/m1/s1. The van der Waals surface area contributed by atoms with Gasteiger partial charge in [0.05, 0.1) is 6.04 Å². The van der Waals surface area contributed by atoms with E-state index < -0.39 is 0 Å². The molecular formula is C14H17ClN2O2S. The van der Waals surface area contributed by atoms with E-state index in [-0.39, 0.29) is 28.1 Å². The third-order valence-corrected chi connectivity index (χ3v) is 4.28. The number of hydrogen-bond acceptors (Lipinski definition) is 4. The highest BCUT2D eigenvalue weighted by Crippen LogP contribution is 2.31. The Morgan fingerprint density at radius 3 is 2.70 bits per heavy atom. The summed E-state index contributed by atoms with van der Waals surface area (Å²) in [5.74, 6) is -0.279. The zero-order valence-corrected chi connectivity index (χ0v) is 13.4. The number of carbonyl (C=O) groups excluding carboxylic acids is 1. The Morgan fingerprint density at radius 2 is 2.20 bits per heavy atom. The molecule has 2 aromatic rings. The van der Waals surface area contributed by atoms with E-state index in [2.05, 4.69) is 10.5 Å². The van der Waals surface area contributed by atoms with Crippen molar-refractivity contribution < 1.29 is 9.32 Å². The Balaban J connectivity index is 2.16. The molecule has 0 saturated heterocycles. The van der Waals surface area contributed by atoms with Crippen LogP contribution in [0.5, 0.6) is 0 Å². The van der Waals surface area contributed by atoms with E-state index in [0.29, 0.717) is 5.69 Å². The molecule has 20 heavy (non-hydrogen) atoms. The zero-order valence-electron chi connectivity index (χ0n) is 11.9. The normalized spacial score (nSPS) is 13.2. The van der Waals surface area contributed by atoms with Crippen LogP contribution in [-0.2, 0) is 5.41 Å². The summed E-state index contributed by atoms with van der Waals surface area (Å²) >= 11 is 7.79. The maximum atomic E-state index is 12.2. The van der Waals surface area contributed by atoms with Gasteiger partial charge in [-0.25, -0.2) is 0 Å². The summed E-state index contributed by atoms with van der Waals surface area (Å²) in [7, 11) is 0. The van der Waals surface area contributed by atoms with Gasteiger partial charge in [0.2, 0.25) is 5.76 Å². The second kappa shape index (κ2) is 5.58. The maximum Gasteiger partial charge on any atom is 0.292 e. The molecule has 0 aliphatic carbocycles. The number of carbonyl (C=O) groups is 1. The highest BCUT2D eigenvalue weighted by atomic mass is 35.5. The van der Waals surface area contributed by atoms with Crippen molar-refractivity contribution in [2.75, 3.05) is 0 Å². The lowest BCUT2D eigenvalue weighted by Crippen LogP contribution is -2.26. The fourth-order valence-corrected chi connectivity index (χ4v) is 2.93. The number of nitrogens with zero attached hydrogens (tertiary/aromatic N) is 1. The van der Waals surface area contributed by atoms with Crippen molar-refractivity contribution in [3.8, 4) is 0 Å². The van der Waals surface area contributed by atoms with Crippen LogP contribution in [0.15, 0.2) is 22.0 Å². The minimum atomic E-state index is -0.348. The van der Waals surface area contributed by atoms with E-state index in [9.17, 15) is 4.79 Å². The average molecular weight is 313 g/mol. The molecule has 2 heterocycles.